The highest BCUT2D eigenvalue weighted by Crippen LogP contribution is 2.22. The van der Waals surface area contributed by atoms with Crippen molar-refractivity contribution >= 4 is 47.9 Å². The van der Waals surface area contributed by atoms with Gasteiger partial charge in [0.15, 0.2) is 0 Å². The van der Waals surface area contributed by atoms with Gasteiger partial charge in [-0.3, -0.25) is 4.79 Å². The number of halogens is 2. The molecule has 0 radical (unpaired) electrons. The predicted molar refractivity (Wildman–Crippen MR) is 108 cm³/mol. The highest BCUT2D eigenvalue weighted by Gasteiger charge is 2.17. The van der Waals surface area contributed by atoms with Gasteiger partial charge < -0.3 is 16.0 Å². The Kier molecular flexibility index (Phi) is 8.00. The number of pyridine rings is 1. The summed E-state index contributed by atoms with van der Waals surface area (Å²) in [5.74, 6) is 1.52. The molecular formula is C18H24Cl2N4O. The van der Waals surface area contributed by atoms with Gasteiger partial charge in [0.2, 0.25) is 0 Å². The van der Waals surface area contributed by atoms with Crippen LogP contribution in [0.5, 0.6) is 0 Å². The molecule has 3 rings (SSSR count). The molecule has 2 heterocycles. The van der Waals surface area contributed by atoms with Crippen molar-refractivity contribution in [2.45, 2.75) is 19.8 Å². The maximum Gasteiger partial charge on any atom is 0.257 e. The molecule has 25 heavy (non-hydrogen) atoms. The number of nitrogens with two attached hydrogens (primary N) is 1. The van der Waals surface area contributed by atoms with Gasteiger partial charge in [-0.1, -0.05) is 19.1 Å². The van der Waals surface area contributed by atoms with Crippen LogP contribution in [0.4, 0.5) is 17.2 Å². The topological polar surface area (TPSA) is 71.2 Å². The molecule has 0 aliphatic carbocycles. The number of nitrogens with one attached hydrogen (secondary N) is 1. The summed E-state index contributed by atoms with van der Waals surface area (Å²) in [4.78, 5) is 19.0. The van der Waals surface area contributed by atoms with Gasteiger partial charge in [-0.2, -0.15) is 0 Å². The van der Waals surface area contributed by atoms with E-state index in [9.17, 15) is 4.79 Å². The summed E-state index contributed by atoms with van der Waals surface area (Å²) in [6, 6.07) is 10.9. The fourth-order valence-electron chi connectivity index (χ4n) is 2.75. The standard InChI is InChI=1S/C18H22N4O.2ClH/c1-13-8-10-22(11-9-13)17-7-6-14(12-20-17)18(23)21-16-5-3-2-4-15(16)19;;/h2-7,12-13H,8-11,19H2,1H3,(H,21,23);2*1H. The van der Waals surface area contributed by atoms with Gasteiger partial charge >= 0.3 is 0 Å². The lowest BCUT2D eigenvalue weighted by Crippen LogP contribution is -2.33. The minimum Gasteiger partial charge on any atom is -0.397 e. The second-order valence-electron chi connectivity index (χ2n) is 6.12. The Balaban J connectivity index is 0.00000156. The predicted octanol–water partition coefficient (Wildman–Crippen LogP) is 4.00. The number of benzene rings is 1. The molecule has 1 saturated heterocycles. The number of rotatable bonds is 3. The Labute approximate surface area is 160 Å². The largest absolute Gasteiger partial charge is 0.397 e. The molecule has 0 saturated carbocycles. The summed E-state index contributed by atoms with van der Waals surface area (Å²) in [5, 5.41) is 2.81. The number of carbonyl (C=O) groups is 1. The fraction of sp³-hybridized carbons (Fsp3) is 0.333. The lowest BCUT2D eigenvalue weighted by molar-refractivity contribution is 0.102. The molecule has 7 heteroatoms. The van der Waals surface area contributed by atoms with E-state index in [-0.39, 0.29) is 30.7 Å². The fourth-order valence-corrected chi connectivity index (χ4v) is 2.75. The van der Waals surface area contributed by atoms with Gasteiger partial charge in [-0.15, -0.1) is 24.8 Å². The second kappa shape index (κ2) is 9.49. The van der Waals surface area contributed by atoms with E-state index >= 15 is 0 Å². The summed E-state index contributed by atoms with van der Waals surface area (Å²) in [5.41, 5.74) is 7.54. The average Bonchev–Trinajstić information content (AvgIpc) is 2.58. The maximum absolute atomic E-state index is 12.3. The van der Waals surface area contributed by atoms with Crippen molar-refractivity contribution in [2.75, 3.05) is 29.0 Å². The van der Waals surface area contributed by atoms with Crippen molar-refractivity contribution in [1.29, 1.82) is 0 Å². The molecule has 2 aromatic rings. The molecule has 0 unspecified atom stereocenters. The van der Waals surface area contributed by atoms with E-state index in [2.05, 4.69) is 22.1 Å². The van der Waals surface area contributed by atoms with E-state index < -0.39 is 0 Å². The van der Waals surface area contributed by atoms with E-state index in [1.807, 2.05) is 24.3 Å². The van der Waals surface area contributed by atoms with Gasteiger partial charge in [0.05, 0.1) is 16.9 Å². The first-order valence-corrected chi connectivity index (χ1v) is 8.00. The van der Waals surface area contributed by atoms with Crippen LogP contribution in [0.2, 0.25) is 0 Å². The van der Waals surface area contributed by atoms with E-state index in [0.29, 0.717) is 16.9 Å². The number of piperidine rings is 1. The Hall–Kier alpha value is -1.98. The number of hydrogen-bond donors (Lipinski definition) is 2. The minimum absolute atomic E-state index is 0. The van der Waals surface area contributed by atoms with Crippen molar-refractivity contribution < 1.29 is 4.79 Å². The quantitative estimate of drug-likeness (QED) is 0.786. The van der Waals surface area contributed by atoms with Gasteiger partial charge in [-0.05, 0) is 43.0 Å². The third-order valence-electron chi connectivity index (χ3n) is 4.33. The van der Waals surface area contributed by atoms with Crippen LogP contribution < -0.4 is 16.0 Å². The summed E-state index contributed by atoms with van der Waals surface area (Å²) in [6.45, 7) is 4.34. The molecule has 0 atom stereocenters. The van der Waals surface area contributed by atoms with Crippen LogP contribution in [0.25, 0.3) is 0 Å². The highest BCUT2D eigenvalue weighted by atomic mass is 35.5. The van der Waals surface area contributed by atoms with Crippen LogP contribution >= 0.6 is 24.8 Å². The van der Waals surface area contributed by atoms with Crippen LogP contribution in [0.3, 0.4) is 0 Å². The maximum atomic E-state index is 12.3. The third-order valence-corrected chi connectivity index (χ3v) is 4.33. The van der Waals surface area contributed by atoms with E-state index in [4.69, 9.17) is 5.73 Å². The van der Waals surface area contributed by atoms with E-state index in [0.717, 1.165) is 24.8 Å². The molecule has 1 aromatic heterocycles. The normalized spacial score (nSPS) is 14.2. The molecule has 5 nitrogen and oxygen atoms in total. The highest BCUT2D eigenvalue weighted by molar-refractivity contribution is 6.05. The molecule has 1 amide bonds. The monoisotopic (exact) mass is 382 g/mol. The van der Waals surface area contributed by atoms with Gasteiger partial charge in [0, 0.05) is 19.3 Å². The molecule has 0 bridgehead atoms. The molecule has 1 aliphatic heterocycles. The Bertz CT molecular complexity index is 686. The summed E-state index contributed by atoms with van der Waals surface area (Å²) in [7, 11) is 0. The van der Waals surface area contributed by atoms with Crippen LogP contribution in [0.1, 0.15) is 30.1 Å². The van der Waals surface area contributed by atoms with Crippen LogP contribution in [0.15, 0.2) is 42.6 Å². The van der Waals surface area contributed by atoms with Gasteiger partial charge in [-0.25, -0.2) is 4.98 Å². The smallest absolute Gasteiger partial charge is 0.257 e. The van der Waals surface area contributed by atoms with Crippen molar-refractivity contribution in [1.82, 2.24) is 4.98 Å². The van der Waals surface area contributed by atoms with Crippen molar-refractivity contribution in [3.63, 3.8) is 0 Å². The number of nitrogen functional groups attached to an aromatic ring is 1. The number of carbonyl (C=O) groups excluding carboxylic acids is 1. The van der Waals surface area contributed by atoms with Crippen molar-refractivity contribution in [3.8, 4) is 0 Å². The summed E-state index contributed by atoms with van der Waals surface area (Å²) >= 11 is 0. The Morgan fingerprint density at radius 3 is 2.44 bits per heavy atom. The van der Waals surface area contributed by atoms with Crippen molar-refractivity contribution in [3.05, 3.63) is 48.2 Å². The molecule has 1 aliphatic rings. The average molecular weight is 383 g/mol. The third kappa shape index (κ3) is 5.25. The first-order valence-electron chi connectivity index (χ1n) is 8.00. The van der Waals surface area contributed by atoms with Crippen LogP contribution in [-0.2, 0) is 0 Å². The zero-order valence-electron chi connectivity index (χ0n) is 14.1. The first kappa shape index (κ1) is 21.1. The number of amides is 1. The zero-order chi connectivity index (χ0) is 16.2. The van der Waals surface area contributed by atoms with Gasteiger partial charge in [0.25, 0.3) is 5.91 Å². The number of para-hydroxylation sites is 2. The summed E-state index contributed by atoms with van der Waals surface area (Å²) in [6.07, 6.45) is 4.01. The lowest BCUT2D eigenvalue weighted by Gasteiger charge is -2.31. The molecule has 136 valence electrons. The van der Waals surface area contributed by atoms with E-state index in [1.165, 1.54) is 12.8 Å². The van der Waals surface area contributed by atoms with Gasteiger partial charge in [0.1, 0.15) is 5.82 Å². The second-order valence-corrected chi connectivity index (χ2v) is 6.12. The summed E-state index contributed by atoms with van der Waals surface area (Å²) < 4.78 is 0. The Morgan fingerprint density at radius 1 is 1.16 bits per heavy atom. The van der Waals surface area contributed by atoms with Crippen LogP contribution in [0, 0.1) is 5.92 Å². The lowest BCUT2D eigenvalue weighted by atomic mass is 9.99. The minimum atomic E-state index is -0.200. The molecule has 0 spiro atoms. The molecule has 1 aromatic carbocycles. The number of nitrogens with zero attached hydrogens (tertiary/aromatic N) is 2. The zero-order valence-corrected chi connectivity index (χ0v) is 15.8. The number of hydrogen-bond acceptors (Lipinski definition) is 4. The first-order chi connectivity index (χ1) is 11.1. The SMILES string of the molecule is CC1CCN(c2ccc(C(=O)Nc3ccccc3N)cn2)CC1.Cl.Cl. The number of anilines is 3. The molecule has 1 fully saturated rings. The number of aromatic nitrogens is 1. The molecule has 3 N–H and O–H groups in total. The molecular weight excluding hydrogens is 359 g/mol. The van der Waals surface area contributed by atoms with Crippen molar-refractivity contribution in [2.24, 2.45) is 5.92 Å². The van der Waals surface area contributed by atoms with E-state index in [1.54, 1.807) is 18.3 Å². The van der Waals surface area contributed by atoms with Crippen LogP contribution in [-0.4, -0.2) is 24.0 Å². The Morgan fingerprint density at radius 2 is 1.84 bits per heavy atom.